The van der Waals surface area contributed by atoms with E-state index in [2.05, 4.69) is 5.32 Å². The summed E-state index contributed by atoms with van der Waals surface area (Å²) in [5, 5.41) is 13.1. The van der Waals surface area contributed by atoms with Gasteiger partial charge in [-0.2, -0.15) is 13.2 Å². The highest BCUT2D eigenvalue weighted by Crippen LogP contribution is 2.45. The highest BCUT2D eigenvalue weighted by atomic mass is 32.2. The van der Waals surface area contributed by atoms with Gasteiger partial charge in [0.2, 0.25) is 0 Å². The summed E-state index contributed by atoms with van der Waals surface area (Å²) in [6.07, 6.45) is -4.81. The molecule has 1 aliphatic heterocycles. The third-order valence-electron chi connectivity index (χ3n) is 8.07. The Morgan fingerprint density at radius 2 is 1.82 bits per heavy atom. The molecule has 4 aromatic rings. The van der Waals surface area contributed by atoms with Crippen LogP contribution in [0.3, 0.4) is 0 Å². The number of aliphatic carboxylic acids is 1. The first-order valence-corrected chi connectivity index (χ1v) is 15.4. The Balaban J connectivity index is 1.72. The zero-order valence-corrected chi connectivity index (χ0v) is 25.5. The molecule has 2 N–H and O–H groups in total. The number of ether oxygens (including phenoxy) is 1. The van der Waals surface area contributed by atoms with Gasteiger partial charge in [0.1, 0.15) is 11.6 Å². The van der Waals surface area contributed by atoms with Crippen molar-refractivity contribution in [2.45, 2.75) is 49.5 Å². The van der Waals surface area contributed by atoms with Crippen molar-refractivity contribution in [2.24, 2.45) is 0 Å². The fraction of sp³-hybridized carbons (Fsp3) is 0.294. The van der Waals surface area contributed by atoms with Crippen LogP contribution in [0.2, 0.25) is 0 Å². The molecule has 0 spiro atoms. The van der Waals surface area contributed by atoms with Crippen molar-refractivity contribution >= 4 is 17.7 Å². The van der Waals surface area contributed by atoms with Crippen LogP contribution in [0.5, 0.6) is 5.75 Å². The van der Waals surface area contributed by atoms with E-state index >= 15 is 4.39 Å². The van der Waals surface area contributed by atoms with Gasteiger partial charge >= 0.3 is 12.1 Å². The molecule has 2 atom stereocenters. The van der Waals surface area contributed by atoms with E-state index in [9.17, 15) is 22.8 Å². The normalized spacial score (nSPS) is 15.1. The summed E-state index contributed by atoms with van der Waals surface area (Å²) in [7, 11) is 1.50. The van der Waals surface area contributed by atoms with Gasteiger partial charge in [-0.3, -0.25) is 14.2 Å². The monoisotopic (exact) mass is 640 g/mol. The Hall–Kier alpha value is -4.09. The van der Waals surface area contributed by atoms with Crippen molar-refractivity contribution in [2.75, 3.05) is 19.4 Å². The fourth-order valence-electron chi connectivity index (χ4n) is 5.91. The van der Waals surface area contributed by atoms with Gasteiger partial charge in [-0.15, -0.1) is 11.8 Å². The average molecular weight is 641 g/mol. The number of nitrogens with one attached hydrogen (secondary N) is 1. The molecule has 45 heavy (non-hydrogen) atoms. The molecule has 0 saturated carbocycles. The molecule has 2 unspecified atom stereocenters. The summed E-state index contributed by atoms with van der Waals surface area (Å²) in [5.41, 5.74) is 0.729. The maximum absolute atomic E-state index is 15.2. The zero-order chi connectivity index (χ0) is 32.3. The van der Waals surface area contributed by atoms with Crippen LogP contribution in [-0.4, -0.2) is 35.1 Å². The van der Waals surface area contributed by atoms with E-state index in [1.165, 1.54) is 18.9 Å². The highest BCUT2D eigenvalue weighted by Gasteiger charge is 2.38. The molecule has 1 aliphatic rings. The number of carboxylic acid groups (broad SMARTS) is 1. The lowest BCUT2D eigenvalue weighted by atomic mass is 9.92. The minimum Gasteiger partial charge on any atom is -0.497 e. The number of benzene rings is 3. The van der Waals surface area contributed by atoms with Crippen LogP contribution in [0.4, 0.5) is 17.6 Å². The molecule has 2 heterocycles. The number of aromatic nitrogens is 1. The van der Waals surface area contributed by atoms with E-state index in [0.717, 1.165) is 23.8 Å². The molecular weight excluding hydrogens is 608 g/mol. The minimum atomic E-state index is -4.77. The second-order valence-corrected chi connectivity index (χ2v) is 11.9. The second kappa shape index (κ2) is 13.5. The number of carbonyl (C=O) groups is 1. The van der Waals surface area contributed by atoms with E-state index in [1.807, 2.05) is 30.3 Å². The van der Waals surface area contributed by atoms with E-state index < -0.39 is 41.2 Å². The lowest BCUT2D eigenvalue weighted by Gasteiger charge is -2.28. The predicted molar refractivity (Wildman–Crippen MR) is 165 cm³/mol. The Labute approximate surface area is 262 Å². The third kappa shape index (κ3) is 6.79. The van der Waals surface area contributed by atoms with Crippen molar-refractivity contribution < 1.29 is 32.2 Å². The van der Waals surface area contributed by atoms with Crippen LogP contribution in [-0.2, 0) is 17.4 Å². The summed E-state index contributed by atoms with van der Waals surface area (Å²) in [4.78, 5) is 25.6. The maximum Gasteiger partial charge on any atom is 0.416 e. The number of carboxylic acids is 1. The van der Waals surface area contributed by atoms with Crippen LogP contribution in [0.25, 0.3) is 11.1 Å². The van der Waals surface area contributed by atoms with Crippen molar-refractivity contribution in [1.82, 2.24) is 9.88 Å². The topological polar surface area (TPSA) is 80.6 Å². The number of alkyl halides is 3. The average Bonchev–Trinajstić information content (AvgIpc) is 3.45. The van der Waals surface area contributed by atoms with E-state index in [-0.39, 0.29) is 18.4 Å². The van der Waals surface area contributed by atoms with Crippen LogP contribution in [0.15, 0.2) is 82.6 Å². The molecule has 3 aromatic carbocycles. The van der Waals surface area contributed by atoms with Gasteiger partial charge < -0.3 is 15.2 Å². The fourth-order valence-corrected chi connectivity index (χ4v) is 7.34. The Bertz CT molecular complexity index is 1760. The molecule has 6 nitrogen and oxygen atoms in total. The van der Waals surface area contributed by atoms with Gasteiger partial charge in [0.25, 0.3) is 5.56 Å². The van der Waals surface area contributed by atoms with Gasteiger partial charge in [0, 0.05) is 24.2 Å². The molecule has 1 aromatic heterocycles. The van der Waals surface area contributed by atoms with Crippen molar-refractivity contribution in [1.29, 1.82) is 0 Å². The van der Waals surface area contributed by atoms with Crippen molar-refractivity contribution in [3.8, 4) is 16.9 Å². The number of thioether (sulfide) groups is 1. The van der Waals surface area contributed by atoms with E-state index in [0.29, 0.717) is 51.7 Å². The Morgan fingerprint density at radius 1 is 1.09 bits per heavy atom. The molecule has 0 amide bonds. The standard InChI is InChI=1S/C34H32F4N2O4S/c1-20-24(18-25-26(34(36,37)38)13-7-14-27(25)35)33-40(32(43)30(20)22-11-6-12-23(17-22)44-2)28(19-45-33)31(21-9-4-3-5-10-21)39-16-8-15-29(41)42/h3-7,9-14,17,28,31,39H,8,15-16,18-19H2,1-2H3,(H,41,42). The summed E-state index contributed by atoms with van der Waals surface area (Å²) < 4.78 is 64.4. The van der Waals surface area contributed by atoms with Crippen LogP contribution >= 0.6 is 11.8 Å². The summed E-state index contributed by atoms with van der Waals surface area (Å²) in [6.45, 7) is 2.05. The largest absolute Gasteiger partial charge is 0.497 e. The molecular formula is C34H32F4N2O4S. The molecule has 11 heteroatoms. The van der Waals surface area contributed by atoms with Crippen molar-refractivity contribution in [3.63, 3.8) is 0 Å². The smallest absolute Gasteiger partial charge is 0.416 e. The first kappa shape index (κ1) is 32.3. The number of hydrogen-bond acceptors (Lipinski definition) is 5. The molecule has 5 rings (SSSR count). The SMILES string of the molecule is COc1cccc(-c2c(C)c(Cc3c(F)cccc3C(F)(F)F)c3n(c2=O)C(C(NCCCC(=O)O)c2ccccc2)CS3)c1. The number of hydrogen-bond donors (Lipinski definition) is 2. The van der Waals surface area contributed by atoms with Crippen molar-refractivity contribution in [3.05, 3.63) is 117 Å². The minimum absolute atomic E-state index is 0.0298. The van der Waals surface area contributed by atoms with Gasteiger partial charge in [-0.25, -0.2) is 4.39 Å². The van der Waals surface area contributed by atoms with Crippen LogP contribution in [0.1, 0.15) is 52.7 Å². The molecule has 0 radical (unpaired) electrons. The quantitative estimate of drug-likeness (QED) is 0.131. The summed E-state index contributed by atoms with van der Waals surface area (Å²) in [5.74, 6) is -0.975. The molecule has 0 saturated heterocycles. The third-order valence-corrected chi connectivity index (χ3v) is 9.30. The van der Waals surface area contributed by atoms with Gasteiger partial charge in [0.15, 0.2) is 0 Å². The number of pyridine rings is 1. The number of rotatable bonds is 11. The van der Waals surface area contributed by atoms with Gasteiger partial charge in [0.05, 0.1) is 35.3 Å². The first-order valence-electron chi connectivity index (χ1n) is 14.4. The molecule has 0 aliphatic carbocycles. The lowest BCUT2D eigenvalue weighted by molar-refractivity contribution is -0.138. The van der Waals surface area contributed by atoms with E-state index in [1.54, 1.807) is 35.8 Å². The zero-order valence-electron chi connectivity index (χ0n) is 24.7. The second-order valence-electron chi connectivity index (χ2n) is 10.8. The van der Waals surface area contributed by atoms with E-state index in [4.69, 9.17) is 9.84 Å². The predicted octanol–water partition coefficient (Wildman–Crippen LogP) is 7.42. The maximum atomic E-state index is 15.2. The number of methoxy groups -OCH3 is 1. The van der Waals surface area contributed by atoms with Crippen LogP contribution < -0.4 is 15.6 Å². The molecule has 0 bridgehead atoms. The molecule has 0 fully saturated rings. The first-order chi connectivity index (χ1) is 21.5. The van der Waals surface area contributed by atoms with Gasteiger partial charge in [-0.1, -0.05) is 48.5 Å². The number of halogens is 4. The Kier molecular flexibility index (Phi) is 9.69. The number of nitrogens with zero attached hydrogens (tertiary/aromatic N) is 1. The number of fused-ring (bicyclic) bond motifs is 1. The van der Waals surface area contributed by atoms with Gasteiger partial charge in [-0.05, 0) is 66.4 Å². The lowest BCUT2D eigenvalue weighted by Crippen LogP contribution is -2.36. The Morgan fingerprint density at radius 3 is 2.51 bits per heavy atom. The summed E-state index contributed by atoms with van der Waals surface area (Å²) in [6, 6.07) is 18.3. The summed E-state index contributed by atoms with van der Waals surface area (Å²) >= 11 is 1.35. The van der Waals surface area contributed by atoms with Crippen LogP contribution in [0, 0.1) is 12.7 Å². The highest BCUT2D eigenvalue weighted by molar-refractivity contribution is 7.99. The molecule has 236 valence electrons.